The van der Waals surface area contributed by atoms with Crippen LogP contribution in [0.2, 0.25) is 0 Å². The van der Waals surface area contributed by atoms with Crippen LogP contribution in [0.1, 0.15) is 98.3 Å². The normalized spacial score (nSPS) is 45.3. The molecule has 0 aromatic heterocycles. The molecule has 0 aromatic carbocycles. The molecule has 29 heavy (non-hydrogen) atoms. The number of hydrogen-bond acceptors (Lipinski definition) is 2. The fourth-order valence-corrected chi connectivity index (χ4v) is 8.76. The van der Waals surface area contributed by atoms with Crippen molar-refractivity contribution >= 4 is 0 Å². The SMILES string of the molecule is CC(C)CCC[C@@H](C)[C@H]1CC[C@H]2[C@@H]3CC=C4C[C@@H](O)CC[C@@]4(CO)[C@H]3CC[C@]12C. The van der Waals surface area contributed by atoms with Crippen LogP contribution >= 0.6 is 0 Å². The molecule has 3 fully saturated rings. The summed E-state index contributed by atoms with van der Waals surface area (Å²) in [7, 11) is 0. The standard InChI is InChI=1S/C27H46O2/c1-18(2)6-5-7-19(3)23-10-11-24-22-9-8-20-16-21(29)12-15-27(20,17-28)25(22)13-14-26(23,24)4/h8,18-19,21-25,28-29H,5-7,9-17H2,1-4H3/t19-,21+,22+,23-,24+,25+,26-,27+/m1/s1. The fraction of sp³-hybridized carbons (Fsp3) is 0.926. The van der Waals surface area contributed by atoms with E-state index in [0.717, 1.165) is 48.9 Å². The Balaban J connectivity index is 1.51. The van der Waals surface area contributed by atoms with Crippen LogP contribution in [-0.2, 0) is 0 Å². The Morgan fingerprint density at radius 2 is 1.83 bits per heavy atom. The second kappa shape index (κ2) is 8.30. The monoisotopic (exact) mass is 402 g/mol. The smallest absolute Gasteiger partial charge is 0.0577 e. The van der Waals surface area contributed by atoms with Crippen molar-refractivity contribution in [2.45, 2.75) is 104 Å². The summed E-state index contributed by atoms with van der Waals surface area (Å²) in [6, 6.07) is 0. The minimum absolute atomic E-state index is 0.00948. The largest absolute Gasteiger partial charge is 0.395 e. The van der Waals surface area contributed by atoms with Crippen LogP contribution in [0.5, 0.6) is 0 Å². The third kappa shape index (κ3) is 3.65. The first-order valence-corrected chi connectivity index (χ1v) is 12.8. The van der Waals surface area contributed by atoms with E-state index in [0.29, 0.717) is 17.9 Å². The molecule has 0 radical (unpaired) electrons. The van der Waals surface area contributed by atoms with E-state index in [1.807, 2.05) is 0 Å². The van der Waals surface area contributed by atoms with Gasteiger partial charge in [0, 0.05) is 5.41 Å². The van der Waals surface area contributed by atoms with E-state index in [-0.39, 0.29) is 11.5 Å². The van der Waals surface area contributed by atoms with Gasteiger partial charge >= 0.3 is 0 Å². The van der Waals surface area contributed by atoms with Crippen molar-refractivity contribution in [1.29, 1.82) is 0 Å². The number of aliphatic hydroxyl groups is 2. The molecule has 0 aromatic rings. The highest BCUT2D eigenvalue weighted by Gasteiger charge is 2.60. The van der Waals surface area contributed by atoms with Crippen molar-refractivity contribution in [3.05, 3.63) is 11.6 Å². The first-order chi connectivity index (χ1) is 13.8. The van der Waals surface area contributed by atoms with Gasteiger partial charge in [0.15, 0.2) is 0 Å². The molecule has 0 heterocycles. The van der Waals surface area contributed by atoms with Gasteiger partial charge in [0.05, 0.1) is 12.7 Å². The van der Waals surface area contributed by atoms with Gasteiger partial charge in [-0.3, -0.25) is 0 Å². The molecule has 0 amide bonds. The van der Waals surface area contributed by atoms with Gasteiger partial charge in [-0.2, -0.15) is 0 Å². The Bertz CT molecular complexity index is 610. The molecule has 4 aliphatic rings. The van der Waals surface area contributed by atoms with Crippen molar-refractivity contribution < 1.29 is 10.2 Å². The predicted molar refractivity (Wildman–Crippen MR) is 120 cm³/mol. The second-order valence-electron chi connectivity index (χ2n) is 12.1. The van der Waals surface area contributed by atoms with Crippen molar-refractivity contribution in [2.75, 3.05) is 6.61 Å². The summed E-state index contributed by atoms with van der Waals surface area (Å²) in [5.74, 6) is 4.82. The summed E-state index contributed by atoms with van der Waals surface area (Å²) in [5, 5.41) is 20.8. The topological polar surface area (TPSA) is 40.5 Å². The highest BCUT2D eigenvalue weighted by atomic mass is 16.3. The fourth-order valence-electron chi connectivity index (χ4n) is 8.76. The summed E-state index contributed by atoms with van der Waals surface area (Å²) < 4.78 is 0. The van der Waals surface area contributed by atoms with E-state index in [1.165, 1.54) is 56.9 Å². The number of allylic oxidation sites excluding steroid dienone is 1. The zero-order valence-corrected chi connectivity index (χ0v) is 19.5. The Morgan fingerprint density at radius 3 is 2.55 bits per heavy atom. The molecule has 8 atom stereocenters. The van der Waals surface area contributed by atoms with E-state index in [9.17, 15) is 10.2 Å². The van der Waals surface area contributed by atoms with E-state index < -0.39 is 0 Å². The number of aliphatic hydroxyl groups excluding tert-OH is 2. The van der Waals surface area contributed by atoms with Gasteiger partial charge < -0.3 is 10.2 Å². The summed E-state index contributed by atoms with van der Waals surface area (Å²) in [4.78, 5) is 0. The lowest BCUT2D eigenvalue weighted by Gasteiger charge is -2.59. The molecule has 2 heteroatoms. The Hall–Kier alpha value is -0.340. The maximum absolute atomic E-state index is 10.6. The average molecular weight is 403 g/mol. The number of hydrogen-bond donors (Lipinski definition) is 2. The zero-order chi connectivity index (χ0) is 20.8. The molecule has 3 saturated carbocycles. The summed E-state index contributed by atoms with van der Waals surface area (Å²) in [6.45, 7) is 10.2. The van der Waals surface area contributed by atoms with Crippen LogP contribution in [0.25, 0.3) is 0 Å². The van der Waals surface area contributed by atoms with Crippen molar-refractivity contribution in [3.63, 3.8) is 0 Å². The second-order valence-corrected chi connectivity index (χ2v) is 12.1. The first kappa shape index (κ1) is 21.9. The van der Waals surface area contributed by atoms with Crippen LogP contribution in [0.4, 0.5) is 0 Å². The summed E-state index contributed by atoms with van der Waals surface area (Å²) in [6.07, 6.45) is 15.8. The lowest BCUT2D eigenvalue weighted by atomic mass is 9.46. The molecular formula is C27H46O2. The predicted octanol–water partition coefficient (Wildman–Crippen LogP) is 6.36. The molecule has 0 aliphatic heterocycles. The number of rotatable bonds is 6. The Labute approximate surface area is 179 Å². The molecular weight excluding hydrogens is 356 g/mol. The minimum atomic E-state index is -0.186. The van der Waals surface area contributed by atoms with Gasteiger partial charge in [-0.15, -0.1) is 0 Å². The lowest BCUT2D eigenvalue weighted by molar-refractivity contribution is -0.0795. The maximum Gasteiger partial charge on any atom is 0.0577 e. The number of fused-ring (bicyclic) bond motifs is 5. The van der Waals surface area contributed by atoms with Gasteiger partial charge in [0.1, 0.15) is 0 Å². The average Bonchev–Trinajstić information content (AvgIpc) is 3.04. The van der Waals surface area contributed by atoms with Gasteiger partial charge in [-0.05, 0) is 92.3 Å². The van der Waals surface area contributed by atoms with Gasteiger partial charge in [0.2, 0.25) is 0 Å². The molecule has 2 N–H and O–H groups in total. The molecule has 166 valence electrons. The molecule has 2 nitrogen and oxygen atoms in total. The molecule has 0 saturated heterocycles. The third-order valence-electron chi connectivity index (χ3n) is 10.3. The van der Waals surface area contributed by atoms with Crippen LogP contribution < -0.4 is 0 Å². The molecule has 0 bridgehead atoms. The van der Waals surface area contributed by atoms with Gasteiger partial charge in [-0.1, -0.05) is 58.6 Å². The minimum Gasteiger partial charge on any atom is -0.395 e. The summed E-state index contributed by atoms with van der Waals surface area (Å²) >= 11 is 0. The van der Waals surface area contributed by atoms with E-state index in [4.69, 9.17) is 0 Å². The van der Waals surface area contributed by atoms with Crippen LogP contribution in [0, 0.1) is 46.3 Å². The van der Waals surface area contributed by atoms with Gasteiger partial charge in [0.25, 0.3) is 0 Å². The molecule has 4 rings (SSSR count). The Morgan fingerprint density at radius 1 is 1.03 bits per heavy atom. The van der Waals surface area contributed by atoms with Crippen LogP contribution in [0.15, 0.2) is 11.6 Å². The van der Waals surface area contributed by atoms with Crippen LogP contribution in [0.3, 0.4) is 0 Å². The molecule has 0 unspecified atom stereocenters. The Kier molecular flexibility index (Phi) is 6.26. The quantitative estimate of drug-likeness (QED) is 0.507. The third-order valence-corrected chi connectivity index (χ3v) is 10.3. The van der Waals surface area contributed by atoms with Crippen molar-refractivity contribution in [3.8, 4) is 0 Å². The lowest BCUT2D eigenvalue weighted by Crippen LogP contribution is -2.53. The first-order valence-electron chi connectivity index (χ1n) is 12.8. The molecule has 0 spiro atoms. The van der Waals surface area contributed by atoms with Crippen LogP contribution in [-0.4, -0.2) is 22.9 Å². The zero-order valence-electron chi connectivity index (χ0n) is 19.5. The van der Waals surface area contributed by atoms with Crippen molar-refractivity contribution in [2.24, 2.45) is 46.3 Å². The highest BCUT2D eigenvalue weighted by molar-refractivity contribution is 5.26. The summed E-state index contributed by atoms with van der Waals surface area (Å²) in [5.41, 5.74) is 1.90. The molecule has 4 aliphatic carbocycles. The van der Waals surface area contributed by atoms with E-state index in [2.05, 4.69) is 33.8 Å². The van der Waals surface area contributed by atoms with Gasteiger partial charge in [-0.25, -0.2) is 0 Å². The van der Waals surface area contributed by atoms with Crippen molar-refractivity contribution in [1.82, 2.24) is 0 Å². The van der Waals surface area contributed by atoms with E-state index >= 15 is 0 Å². The van der Waals surface area contributed by atoms with E-state index in [1.54, 1.807) is 0 Å². The maximum atomic E-state index is 10.6. The highest BCUT2D eigenvalue weighted by Crippen LogP contribution is 2.67.